The van der Waals surface area contributed by atoms with Crippen LogP contribution in [0.3, 0.4) is 0 Å². The van der Waals surface area contributed by atoms with Gasteiger partial charge >= 0.3 is 0 Å². The number of unbranched alkanes of at least 4 members (excludes halogenated alkanes) is 1. The van der Waals surface area contributed by atoms with Gasteiger partial charge in [-0.2, -0.15) is 0 Å². The second-order valence-electron chi connectivity index (χ2n) is 2.90. The number of nitrogens with zero attached hydrogens (tertiary/aromatic N) is 2. The molecule has 1 rings (SSSR count). The van der Waals surface area contributed by atoms with Crippen LogP contribution in [-0.2, 0) is 6.42 Å². The zero-order valence-electron chi connectivity index (χ0n) is 7.81. The van der Waals surface area contributed by atoms with Crippen molar-refractivity contribution >= 4 is 17.4 Å². The van der Waals surface area contributed by atoms with Crippen molar-refractivity contribution in [3.8, 4) is 5.75 Å². The largest absolute Gasteiger partial charge is 0.506 e. The van der Waals surface area contributed by atoms with Crippen molar-refractivity contribution in [1.29, 1.82) is 0 Å². The van der Waals surface area contributed by atoms with Crippen LogP contribution in [0.15, 0.2) is 23.3 Å². The highest BCUT2D eigenvalue weighted by Crippen LogP contribution is 2.14. The van der Waals surface area contributed by atoms with Gasteiger partial charge in [0.2, 0.25) is 0 Å². The lowest BCUT2D eigenvalue weighted by molar-refractivity contribution is 0.462. The fourth-order valence-corrected chi connectivity index (χ4v) is 1.24. The molecule has 74 valence electrons. The molecule has 0 atom stereocenters. The quantitative estimate of drug-likeness (QED) is 0.458. The van der Waals surface area contributed by atoms with Crippen LogP contribution >= 0.6 is 12.2 Å². The predicted molar refractivity (Wildman–Crippen MR) is 58.7 cm³/mol. The van der Waals surface area contributed by atoms with E-state index in [9.17, 15) is 5.11 Å². The molecule has 0 aliphatic rings. The molecule has 1 N–H and O–H groups in total. The Morgan fingerprint density at radius 1 is 1.50 bits per heavy atom. The Bertz CT molecular complexity index is 335. The normalized spacial score (nSPS) is 9.43. The fraction of sp³-hybridized carbons (Fsp3) is 0.400. The number of isothiocyanates is 1. The summed E-state index contributed by atoms with van der Waals surface area (Å²) in [5.41, 5.74) is 0.749. The van der Waals surface area contributed by atoms with E-state index in [-0.39, 0.29) is 5.75 Å². The van der Waals surface area contributed by atoms with E-state index < -0.39 is 0 Å². The monoisotopic (exact) mass is 208 g/mol. The zero-order valence-corrected chi connectivity index (χ0v) is 8.63. The third-order valence-corrected chi connectivity index (χ3v) is 1.99. The maximum absolute atomic E-state index is 9.40. The van der Waals surface area contributed by atoms with Crippen LogP contribution in [0.1, 0.15) is 18.5 Å². The summed E-state index contributed by atoms with van der Waals surface area (Å²) in [5, 5.41) is 11.7. The third kappa shape index (κ3) is 3.64. The van der Waals surface area contributed by atoms with Crippen molar-refractivity contribution in [3.63, 3.8) is 0 Å². The van der Waals surface area contributed by atoms with E-state index in [0.717, 1.165) is 25.0 Å². The fourth-order valence-electron chi connectivity index (χ4n) is 1.15. The second kappa shape index (κ2) is 6.24. The molecule has 0 saturated heterocycles. The molecule has 0 unspecified atom stereocenters. The van der Waals surface area contributed by atoms with Gasteiger partial charge in [0.1, 0.15) is 5.75 Å². The molecule has 0 radical (unpaired) electrons. The van der Waals surface area contributed by atoms with E-state index in [2.05, 4.69) is 27.4 Å². The predicted octanol–water partition coefficient (Wildman–Crippen LogP) is 2.21. The molecule has 3 nitrogen and oxygen atoms in total. The van der Waals surface area contributed by atoms with Crippen LogP contribution < -0.4 is 0 Å². The Hall–Kier alpha value is -1.25. The molecule has 1 aromatic heterocycles. The van der Waals surface area contributed by atoms with Crippen molar-refractivity contribution in [2.45, 2.75) is 19.3 Å². The first-order valence-corrected chi connectivity index (χ1v) is 4.92. The molecule has 1 heterocycles. The van der Waals surface area contributed by atoms with Crippen LogP contribution in [-0.4, -0.2) is 21.8 Å². The topological polar surface area (TPSA) is 45.5 Å². The summed E-state index contributed by atoms with van der Waals surface area (Å²) in [6.45, 7) is 0.705. The number of aryl methyl sites for hydroxylation is 1. The zero-order chi connectivity index (χ0) is 10.2. The first-order valence-electron chi connectivity index (χ1n) is 4.51. The average Bonchev–Trinajstić information content (AvgIpc) is 2.20. The van der Waals surface area contributed by atoms with Gasteiger partial charge < -0.3 is 5.11 Å². The van der Waals surface area contributed by atoms with E-state index in [1.807, 2.05) is 0 Å². The van der Waals surface area contributed by atoms with Crippen LogP contribution in [0, 0.1) is 0 Å². The lowest BCUT2D eigenvalue weighted by Gasteiger charge is -2.01. The Labute approximate surface area is 88.5 Å². The Kier molecular flexibility index (Phi) is 4.83. The van der Waals surface area contributed by atoms with Gasteiger partial charge in [-0.05, 0) is 43.6 Å². The number of hydrogen-bond donors (Lipinski definition) is 1. The number of aromatic hydroxyl groups is 1. The summed E-state index contributed by atoms with van der Waals surface area (Å²) in [7, 11) is 0. The molecule has 0 aliphatic heterocycles. The highest BCUT2D eigenvalue weighted by Gasteiger charge is 1.99. The van der Waals surface area contributed by atoms with Crippen LogP contribution in [0.4, 0.5) is 0 Å². The van der Waals surface area contributed by atoms with Crippen molar-refractivity contribution in [1.82, 2.24) is 4.98 Å². The molecule has 0 aromatic carbocycles. The van der Waals surface area contributed by atoms with Gasteiger partial charge in [0.15, 0.2) is 0 Å². The second-order valence-corrected chi connectivity index (χ2v) is 3.08. The van der Waals surface area contributed by atoms with Gasteiger partial charge in [-0.25, -0.2) is 4.99 Å². The first kappa shape index (κ1) is 10.8. The molecule has 4 heteroatoms. The van der Waals surface area contributed by atoms with Crippen molar-refractivity contribution in [2.75, 3.05) is 6.54 Å². The van der Waals surface area contributed by atoms with E-state index in [1.54, 1.807) is 18.3 Å². The van der Waals surface area contributed by atoms with Gasteiger partial charge in [-0.3, -0.25) is 4.98 Å². The smallest absolute Gasteiger partial charge is 0.137 e. The van der Waals surface area contributed by atoms with Gasteiger partial charge in [0, 0.05) is 12.7 Å². The molecule has 0 saturated carbocycles. The van der Waals surface area contributed by atoms with Gasteiger partial charge in [0.05, 0.1) is 10.9 Å². The lowest BCUT2D eigenvalue weighted by Crippen LogP contribution is -1.91. The summed E-state index contributed by atoms with van der Waals surface area (Å²) in [4.78, 5) is 7.89. The van der Waals surface area contributed by atoms with Gasteiger partial charge in [-0.1, -0.05) is 0 Å². The van der Waals surface area contributed by atoms with Crippen LogP contribution in [0.25, 0.3) is 0 Å². The SMILES string of the molecule is Oc1cccnc1CCCCN=C=S. The molecule has 14 heavy (non-hydrogen) atoms. The molecule has 0 spiro atoms. The molecule has 1 aromatic rings. The minimum absolute atomic E-state index is 0.269. The Morgan fingerprint density at radius 2 is 2.36 bits per heavy atom. The molecule has 0 fully saturated rings. The number of rotatable bonds is 5. The summed E-state index contributed by atoms with van der Waals surface area (Å²) in [6.07, 6.45) is 4.36. The molecular formula is C10H12N2OS. The number of thiocarbonyl (C=S) groups is 1. The van der Waals surface area contributed by atoms with E-state index in [4.69, 9.17) is 0 Å². The standard InChI is InChI=1S/C10H12N2OS/c13-10-5-3-7-12-9(10)4-1-2-6-11-8-14/h3,5,7,13H,1-2,4,6H2. The van der Waals surface area contributed by atoms with Crippen LogP contribution in [0.5, 0.6) is 5.75 Å². The Balaban J connectivity index is 2.31. The van der Waals surface area contributed by atoms with E-state index in [1.165, 1.54) is 0 Å². The van der Waals surface area contributed by atoms with Crippen molar-refractivity contribution in [3.05, 3.63) is 24.0 Å². The third-order valence-electron chi connectivity index (χ3n) is 1.86. The van der Waals surface area contributed by atoms with E-state index in [0.29, 0.717) is 6.54 Å². The maximum atomic E-state index is 9.40. The first-order chi connectivity index (χ1) is 6.84. The summed E-state index contributed by atoms with van der Waals surface area (Å²) < 4.78 is 0. The highest BCUT2D eigenvalue weighted by atomic mass is 32.1. The van der Waals surface area contributed by atoms with Gasteiger partial charge in [-0.15, -0.1) is 0 Å². The van der Waals surface area contributed by atoms with E-state index >= 15 is 0 Å². The lowest BCUT2D eigenvalue weighted by atomic mass is 10.1. The number of hydrogen-bond acceptors (Lipinski definition) is 4. The number of aromatic nitrogens is 1. The molecular weight excluding hydrogens is 196 g/mol. The maximum Gasteiger partial charge on any atom is 0.137 e. The minimum atomic E-state index is 0.269. The number of aliphatic imine (C=N–C) groups is 1. The summed E-state index contributed by atoms with van der Waals surface area (Å²) >= 11 is 4.45. The molecule has 0 bridgehead atoms. The molecule has 0 amide bonds. The number of pyridine rings is 1. The summed E-state index contributed by atoms with van der Waals surface area (Å²) in [6, 6.07) is 3.37. The highest BCUT2D eigenvalue weighted by molar-refractivity contribution is 7.78. The average molecular weight is 208 g/mol. The molecule has 0 aliphatic carbocycles. The van der Waals surface area contributed by atoms with Gasteiger partial charge in [0.25, 0.3) is 0 Å². The Morgan fingerprint density at radius 3 is 3.07 bits per heavy atom. The van der Waals surface area contributed by atoms with Crippen molar-refractivity contribution in [2.24, 2.45) is 4.99 Å². The van der Waals surface area contributed by atoms with Crippen LogP contribution in [0.2, 0.25) is 0 Å². The van der Waals surface area contributed by atoms with Crippen molar-refractivity contribution < 1.29 is 5.11 Å². The minimum Gasteiger partial charge on any atom is -0.506 e. The summed E-state index contributed by atoms with van der Waals surface area (Å²) in [5.74, 6) is 0.269.